The van der Waals surface area contributed by atoms with Gasteiger partial charge in [-0.3, -0.25) is 0 Å². The lowest BCUT2D eigenvalue weighted by Gasteiger charge is -2.23. The number of aromatic nitrogens is 3. The summed E-state index contributed by atoms with van der Waals surface area (Å²) in [5, 5.41) is 3.84. The molecule has 3 aromatic carbocycles. The Labute approximate surface area is 431 Å². The molecule has 0 radical (unpaired) electrons. The number of hydrogen-bond donors (Lipinski definition) is 3. The van der Waals surface area contributed by atoms with E-state index in [2.05, 4.69) is 41.9 Å². The first kappa shape index (κ1) is 54.5. The molecule has 396 valence electrons. The molecular weight excluding hydrogens is 933 g/mol. The fraction of sp³-hybridized carbons (Fsp3) is 0.611. The average Bonchev–Trinajstić information content (AvgIpc) is 4.28. The van der Waals surface area contributed by atoms with E-state index >= 15 is 0 Å². The Balaban J connectivity index is 0.000000156. The van der Waals surface area contributed by atoms with Crippen molar-refractivity contribution in [1.29, 1.82) is 0 Å². The first-order valence-corrected chi connectivity index (χ1v) is 27.3. The lowest BCUT2D eigenvalue weighted by atomic mass is 9.80. The van der Waals surface area contributed by atoms with Gasteiger partial charge in [-0.2, -0.15) is 0 Å². The van der Waals surface area contributed by atoms with E-state index in [1.54, 1.807) is 21.3 Å². The summed E-state index contributed by atoms with van der Waals surface area (Å²) in [5.41, 5.74) is 16.5. The van der Waals surface area contributed by atoms with Gasteiger partial charge in [0.15, 0.2) is 39.6 Å². The number of amidine groups is 1. The Kier molecular flexibility index (Phi) is 20.5. The number of hydrogen-bond acceptors (Lipinski definition) is 17. The minimum absolute atomic E-state index is 0.281. The lowest BCUT2D eigenvalue weighted by molar-refractivity contribution is 0.188. The van der Waals surface area contributed by atoms with E-state index in [1.807, 2.05) is 61.9 Å². The van der Waals surface area contributed by atoms with Crippen molar-refractivity contribution >= 4 is 55.2 Å². The van der Waals surface area contributed by atoms with Crippen molar-refractivity contribution in [2.75, 3.05) is 131 Å². The number of likely N-dealkylation sites (tertiary alicyclic amines) is 3. The van der Waals surface area contributed by atoms with Crippen LogP contribution in [0.3, 0.4) is 0 Å². The number of aliphatic imine (C=N–C) groups is 1. The van der Waals surface area contributed by atoms with Gasteiger partial charge in [0.25, 0.3) is 0 Å². The number of anilines is 2. The predicted molar refractivity (Wildman–Crippen MR) is 292 cm³/mol. The average molecular weight is 1020 g/mol. The maximum Gasteiger partial charge on any atom is 0.203 e. The summed E-state index contributed by atoms with van der Waals surface area (Å²) in [5.74, 6) is 6.02. The molecule has 10 rings (SSSR count). The van der Waals surface area contributed by atoms with Crippen LogP contribution in [0.4, 0.5) is 16.8 Å². The second-order valence-electron chi connectivity index (χ2n) is 18.7. The molecule has 1 unspecified atom stereocenters. The number of benzene rings is 3. The van der Waals surface area contributed by atoms with Gasteiger partial charge in [0.05, 0.1) is 80.1 Å². The molecule has 1 atom stereocenters. The molecule has 0 bridgehead atoms. The number of fused-ring (bicyclic) bond motifs is 4. The van der Waals surface area contributed by atoms with Gasteiger partial charge in [0.2, 0.25) is 5.95 Å². The molecule has 7 heterocycles. The van der Waals surface area contributed by atoms with Crippen LogP contribution in [-0.4, -0.2) is 155 Å². The summed E-state index contributed by atoms with van der Waals surface area (Å²) in [6.07, 6.45) is 11.9. The molecule has 0 saturated carbocycles. The zero-order valence-corrected chi connectivity index (χ0v) is 45.0. The van der Waals surface area contributed by atoms with E-state index in [0.717, 1.165) is 125 Å². The Morgan fingerprint density at radius 3 is 1.65 bits per heavy atom. The molecule has 2 aromatic heterocycles. The van der Waals surface area contributed by atoms with E-state index in [1.165, 1.54) is 89.1 Å². The maximum absolute atomic E-state index is 6.24. The van der Waals surface area contributed by atoms with Crippen molar-refractivity contribution in [1.82, 2.24) is 29.2 Å². The molecule has 17 nitrogen and oxygen atoms in total. The second kappa shape index (κ2) is 27.1. The standard InChI is InChI=1S/C19H27N3O3.C18H28N4O2.C15H21N3O2S.C2H6/c1-23-16-11-14-15(21-18(20)19(14)5-10-24-13-19)12-17(16)25-9-4-8-22-6-2-3-7-22;1-4-19-18-20-14-12-17(16(23-3)13-15(14)21(18)2)24-11-7-10-22-8-5-6-9-22;1-19-12-10-14-11(17-15(16)21-14)9-13(12)20-8-4-7-18-5-2-3-6-18;1-2/h11-12H,2-10,13H2,1H3,(H2,20,21);12-13H,4-11H2,1-3H3,(H,19,20);9-10H,2-8H2,1H3,(H2,16,17);1-2H3. The van der Waals surface area contributed by atoms with Crippen molar-refractivity contribution in [3.05, 3.63) is 42.0 Å². The zero-order valence-electron chi connectivity index (χ0n) is 44.2. The van der Waals surface area contributed by atoms with E-state index in [-0.39, 0.29) is 5.41 Å². The van der Waals surface area contributed by atoms with Crippen LogP contribution >= 0.6 is 11.3 Å². The van der Waals surface area contributed by atoms with Crippen molar-refractivity contribution in [3.63, 3.8) is 0 Å². The minimum atomic E-state index is -0.281. The Bertz CT molecular complexity index is 2490. The first-order valence-electron chi connectivity index (χ1n) is 26.4. The molecule has 5 aliphatic heterocycles. The van der Waals surface area contributed by atoms with Crippen LogP contribution in [0, 0.1) is 0 Å². The highest BCUT2D eigenvalue weighted by molar-refractivity contribution is 7.22. The summed E-state index contributed by atoms with van der Waals surface area (Å²) >= 11 is 1.46. The molecule has 5 aliphatic rings. The smallest absolute Gasteiger partial charge is 0.203 e. The fourth-order valence-corrected chi connectivity index (χ4v) is 10.8. The van der Waals surface area contributed by atoms with E-state index in [9.17, 15) is 0 Å². The molecule has 0 aliphatic carbocycles. The highest BCUT2D eigenvalue weighted by atomic mass is 32.1. The highest BCUT2D eigenvalue weighted by Crippen LogP contribution is 2.48. The van der Waals surface area contributed by atoms with Crippen LogP contribution in [0.5, 0.6) is 34.5 Å². The van der Waals surface area contributed by atoms with Gasteiger partial charge in [0, 0.05) is 70.2 Å². The van der Waals surface area contributed by atoms with Crippen LogP contribution in [0.25, 0.3) is 21.3 Å². The summed E-state index contributed by atoms with van der Waals surface area (Å²) in [6, 6.07) is 11.8. The van der Waals surface area contributed by atoms with Crippen molar-refractivity contribution in [3.8, 4) is 34.5 Å². The van der Waals surface area contributed by atoms with E-state index in [4.69, 9.17) is 44.6 Å². The number of methoxy groups -OCH3 is 3. The van der Waals surface area contributed by atoms with E-state index in [0.29, 0.717) is 44.0 Å². The quantitative estimate of drug-likeness (QED) is 0.0629. The number of nitrogens with one attached hydrogen (secondary N) is 1. The first-order chi connectivity index (χ1) is 35.2. The molecule has 0 amide bonds. The monoisotopic (exact) mass is 1010 g/mol. The second-order valence-corrected chi connectivity index (χ2v) is 19.8. The number of thiazole rings is 1. The predicted octanol–water partition coefficient (Wildman–Crippen LogP) is 8.88. The molecule has 5 N–H and O–H groups in total. The zero-order chi connectivity index (χ0) is 50.9. The highest BCUT2D eigenvalue weighted by Gasteiger charge is 2.46. The van der Waals surface area contributed by atoms with Gasteiger partial charge in [-0.15, -0.1) is 0 Å². The Morgan fingerprint density at radius 1 is 0.653 bits per heavy atom. The number of rotatable bonds is 20. The maximum atomic E-state index is 6.24. The van der Waals surface area contributed by atoms with Crippen LogP contribution in [0.1, 0.15) is 90.5 Å². The van der Waals surface area contributed by atoms with E-state index < -0.39 is 0 Å². The van der Waals surface area contributed by atoms with Gasteiger partial charge in [-0.1, -0.05) is 25.2 Å². The summed E-state index contributed by atoms with van der Waals surface area (Å²) < 4.78 is 43.0. The molecule has 72 heavy (non-hydrogen) atoms. The van der Waals surface area contributed by atoms with Crippen molar-refractivity contribution < 1.29 is 33.2 Å². The third-order valence-electron chi connectivity index (χ3n) is 14.0. The van der Waals surface area contributed by atoms with Crippen molar-refractivity contribution in [2.45, 2.75) is 90.4 Å². The van der Waals surface area contributed by atoms with Gasteiger partial charge >= 0.3 is 0 Å². The van der Waals surface area contributed by atoms with Gasteiger partial charge in [0.1, 0.15) is 5.84 Å². The topological polar surface area (TPSA) is 181 Å². The Morgan fingerprint density at radius 2 is 1.15 bits per heavy atom. The molecule has 4 fully saturated rings. The molecule has 5 aromatic rings. The molecule has 4 saturated heterocycles. The number of nitrogen functional groups attached to an aromatic ring is 1. The molecule has 1 spiro atoms. The van der Waals surface area contributed by atoms with Crippen molar-refractivity contribution in [2.24, 2.45) is 17.8 Å². The minimum Gasteiger partial charge on any atom is -0.493 e. The SMILES string of the molecule is CC.CCNc1nc2cc(OCCCN3CCCC3)c(OC)cc2n1C.COc1cc2c(cc1OCCCN1CCCC1)N=C(N)C21CCOC1.COc1cc2sc(N)nc2cc1OCCCN1CCCC1. The third kappa shape index (κ3) is 13.7. The number of nitrogens with zero attached hydrogens (tertiary/aromatic N) is 7. The van der Waals surface area contributed by atoms with Gasteiger partial charge in [-0.05, 0) is 122 Å². The number of nitrogens with two attached hydrogens (primary N) is 2. The third-order valence-corrected chi connectivity index (χ3v) is 14.8. The van der Waals surface area contributed by atoms with Gasteiger partial charge < -0.3 is 69.2 Å². The summed E-state index contributed by atoms with van der Waals surface area (Å²) in [7, 11) is 7.02. The summed E-state index contributed by atoms with van der Waals surface area (Å²) in [6.45, 7) is 21.0. The van der Waals surface area contributed by atoms with Crippen LogP contribution < -0.4 is 45.2 Å². The molecule has 18 heteroatoms. The molecular formula is C54H82N10O7S. The fourth-order valence-electron chi connectivity index (χ4n) is 10.1. The van der Waals surface area contributed by atoms with Crippen LogP contribution in [0.2, 0.25) is 0 Å². The summed E-state index contributed by atoms with van der Waals surface area (Å²) in [4.78, 5) is 21.0. The van der Waals surface area contributed by atoms with Crippen LogP contribution in [0.15, 0.2) is 41.4 Å². The number of imidazole rings is 1. The van der Waals surface area contributed by atoms with Gasteiger partial charge in [-0.25, -0.2) is 15.0 Å². The number of aryl methyl sites for hydroxylation is 1. The van der Waals surface area contributed by atoms with Crippen LogP contribution in [-0.2, 0) is 17.2 Å². The largest absolute Gasteiger partial charge is 0.493 e. The number of ether oxygens (including phenoxy) is 7. The Hall–Kier alpha value is -5.27. The lowest BCUT2D eigenvalue weighted by Crippen LogP contribution is -2.39. The normalized spacial score (nSPS) is 18.5.